The van der Waals surface area contributed by atoms with Crippen molar-refractivity contribution in [3.05, 3.63) is 12.2 Å². The second-order valence-corrected chi connectivity index (χ2v) is 21.0. The molecule has 1 rings (SSSR count). The maximum Gasteiger partial charge on any atom is 0.472 e. The first-order chi connectivity index (χ1) is 31.8. The van der Waals surface area contributed by atoms with Gasteiger partial charge in [0.25, 0.3) is 0 Å². The summed E-state index contributed by atoms with van der Waals surface area (Å²) in [5.74, 6) is -0.561. The third kappa shape index (κ3) is 32.8. The molecule has 8 atom stereocenters. The van der Waals surface area contributed by atoms with Crippen LogP contribution < -0.4 is 5.32 Å². The Bertz CT molecular complexity index is 1180. The Morgan fingerprint density at radius 2 is 0.848 bits per heavy atom. The van der Waals surface area contributed by atoms with Crippen LogP contribution in [0.2, 0.25) is 0 Å². The van der Waals surface area contributed by atoms with Gasteiger partial charge in [0.15, 0.2) is 0 Å². The molecule has 66 heavy (non-hydrogen) atoms. The SMILES string of the molecule is CCCCCCCCCCC/C=C\CCCCCCCC(O)CC(=O)NC(COP(=O)(O)OC1C(O)C(O)C(O)C(O)C1O)C(O)CCCCCCCCCCCCCCCCCCCC. The third-order valence-electron chi connectivity index (χ3n) is 13.4. The number of hydrogen-bond acceptors (Lipinski definition) is 11. The summed E-state index contributed by atoms with van der Waals surface area (Å²) in [5.41, 5.74) is 0. The first-order valence-corrected chi connectivity index (χ1v) is 28.7. The minimum atomic E-state index is -5.12. The second kappa shape index (κ2) is 41.8. The second-order valence-electron chi connectivity index (χ2n) is 19.6. The molecule has 0 aromatic carbocycles. The highest BCUT2D eigenvalue weighted by atomic mass is 31.2. The molecule has 0 spiro atoms. The average Bonchev–Trinajstić information content (AvgIpc) is 3.29. The molecule has 0 heterocycles. The Morgan fingerprint density at radius 3 is 1.24 bits per heavy atom. The predicted octanol–water partition coefficient (Wildman–Crippen LogP) is 10.5. The fourth-order valence-corrected chi connectivity index (χ4v) is 9.92. The molecular weight excluding hydrogens is 862 g/mol. The monoisotopic (exact) mass is 964 g/mol. The number of amides is 1. The first-order valence-electron chi connectivity index (χ1n) is 27.2. The number of carbonyl (C=O) groups is 1. The molecule has 8 unspecified atom stereocenters. The smallest absolute Gasteiger partial charge is 0.393 e. The predicted molar refractivity (Wildman–Crippen MR) is 266 cm³/mol. The highest BCUT2D eigenvalue weighted by Crippen LogP contribution is 2.47. The molecular formula is C52H102NO12P. The van der Waals surface area contributed by atoms with Gasteiger partial charge in [0, 0.05) is 0 Å². The largest absolute Gasteiger partial charge is 0.472 e. The molecule has 1 aliphatic carbocycles. The standard InChI is InChI=1S/C52H102NO12P/c1-3-5-7-9-11-13-15-17-19-21-23-25-27-29-31-33-35-37-39-43(54)41-46(56)53-44(42-64-66(62,63)65-52-50(60)48(58)47(57)49(59)51(52)61)45(55)40-38-36-34-32-30-28-26-24-22-20-18-16-14-12-10-8-6-4-2/h23,25,43-45,47-52,54-55,57-61H,3-22,24,26-42H2,1-2H3,(H,53,56)(H,62,63)/b25-23-. The Labute approximate surface area is 401 Å². The fourth-order valence-electron chi connectivity index (χ4n) is 8.95. The number of hydrogen-bond donors (Lipinski definition) is 9. The van der Waals surface area contributed by atoms with Crippen molar-refractivity contribution in [2.45, 2.75) is 306 Å². The van der Waals surface area contributed by atoms with Gasteiger partial charge in [-0.25, -0.2) is 4.57 Å². The van der Waals surface area contributed by atoms with E-state index >= 15 is 0 Å². The summed E-state index contributed by atoms with van der Waals surface area (Å²) in [6.45, 7) is 3.83. The average molecular weight is 964 g/mol. The van der Waals surface area contributed by atoms with Crippen molar-refractivity contribution in [2.75, 3.05) is 6.61 Å². The van der Waals surface area contributed by atoms with Crippen LogP contribution in [0.25, 0.3) is 0 Å². The van der Waals surface area contributed by atoms with Crippen LogP contribution >= 0.6 is 7.82 Å². The molecule has 392 valence electrons. The number of aliphatic hydroxyl groups excluding tert-OH is 7. The number of carbonyl (C=O) groups excluding carboxylic acids is 1. The summed E-state index contributed by atoms with van der Waals surface area (Å²) in [5, 5.41) is 74.9. The summed E-state index contributed by atoms with van der Waals surface area (Å²) in [4.78, 5) is 23.6. The van der Waals surface area contributed by atoms with E-state index in [-0.39, 0.29) is 12.8 Å². The Hall–Kier alpha value is -0.960. The van der Waals surface area contributed by atoms with Crippen molar-refractivity contribution in [3.8, 4) is 0 Å². The van der Waals surface area contributed by atoms with Gasteiger partial charge in [-0.1, -0.05) is 219 Å². The molecule has 13 nitrogen and oxygen atoms in total. The van der Waals surface area contributed by atoms with Gasteiger partial charge in [-0.05, 0) is 38.5 Å². The van der Waals surface area contributed by atoms with Gasteiger partial charge in [-0.2, -0.15) is 0 Å². The van der Waals surface area contributed by atoms with Crippen molar-refractivity contribution >= 4 is 13.7 Å². The summed E-state index contributed by atoms with van der Waals surface area (Å²) in [6.07, 6.45) is 32.5. The molecule has 0 aromatic rings. The number of rotatable bonds is 46. The first kappa shape index (κ1) is 63.1. The number of phosphoric acid groups is 1. The van der Waals surface area contributed by atoms with E-state index in [1.807, 2.05) is 0 Å². The highest BCUT2D eigenvalue weighted by molar-refractivity contribution is 7.47. The van der Waals surface area contributed by atoms with E-state index in [9.17, 15) is 50.0 Å². The molecule has 0 aliphatic heterocycles. The summed E-state index contributed by atoms with van der Waals surface area (Å²) in [6, 6.07) is -1.15. The number of unbranched alkanes of at least 4 members (excludes halogenated alkanes) is 31. The van der Waals surface area contributed by atoms with Crippen molar-refractivity contribution in [3.63, 3.8) is 0 Å². The van der Waals surface area contributed by atoms with E-state index in [1.165, 1.54) is 141 Å². The molecule has 1 aliphatic rings. The lowest BCUT2D eigenvalue weighted by Gasteiger charge is -2.41. The molecule has 0 bridgehead atoms. The van der Waals surface area contributed by atoms with Crippen molar-refractivity contribution < 1.29 is 59.0 Å². The number of aliphatic hydroxyl groups is 7. The van der Waals surface area contributed by atoms with E-state index < -0.39 is 75.2 Å². The lowest BCUT2D eigenvalue weighted by molar-refractivity contribution is -0.220. The topological polar surface area (TPSA) is 226 Å². The van der Waals surface area contributed by atoms with Crippen LogP contribution in [0.5, 0.6) is 0 Å². The van der Waals surface area contributed by atoms with Crippen LogP contribution in [-0.2, 0) is 18.4 Å². The van der Waals surface area contributed by atoms with E-state index in [0.29, 0.717) is 12.8 Å². The van der Waals surface area contributed by atoms with Crippen molar-refractivity contribution in [2.24, 2.45) is 0 Å². The van der Waals surface area contributed by atoms with Crippen LogP contribution in [0.1, 0.15) is 251 Å². The van der Waals surface area contributed by atoms with Gasteiger partial charge in [-0.15, -0.1) is 0 Å². The van der Waals surface area contributed by atoms with Gasteiger partial charge in [0.1, 0.15) is 36.6 Å². The molecule has 0 aromatic heterocycles. The number of nitrogens with one attached hydrogen (secondary N) is 1. The number of allylic oxidation sites excluding steroid dienone is 2. The molecule has 1 saturated carbocycles. The Morgan fingerprint density at radius 1 is 0.515 bits per heavy atom. The van der Waals surface area contributed by atoms with Crippen LogP contribution in [0, 0.1) is 0 Å². The zero-order chi connectivity index (χ0) is 48.7. The van der Waals surface area contributed by atoms with E-state index in [4.69, 9.17) is 9.05 Å². The number of phosphoric ester groups is 1. The normalized spacial score (nSPS) is 22.4. The lowest BCUT2D eigenvalue weighted by Crippen LogP contribution is -2.64. The molecule has 1 amide bonds. The van der Waals surface area contributed by atoms with Gasteiger partial charge in [0.05, 0.1) is 31.3 Å². The molecule has 1 fully saturated rings. The quantitative estimate of drug-likeness (QED) is 0.0158. The molecule has 14 heteroatoms. The zero-order valence-corrected chi connectivity index (χ0v) is 42.8. The van der Waals surface area contributed by atoms with E-state index in [1.54, 1.807) is 0 Å². The van der Waals surface area contributed by atoms with Gasteiger partial charge >= 0.3 is 7.82 Å². The van der Waals surface area contributed by atoms with Crippen molar-refractivity contribution in [1.29, 1.82) is 0 Å². The van der Waals surface area contributed by atoms with Crippen LogP contribution in [-0.4, -0.2) is 108 Å². The summed E-state index contributed by atoms with van der Waals surface area (Å²) in [7, 11) is -5.12. The Kier molecular flexibility index (Phi) is 39.9. The zero-order valence-electron chi connectivity index (χ0n) is 41.9. The third-order valence-corrected chi connectivity index (χ3v) is 14.4. The minimum absolute atomic E-state index is 0.224. The van der Waals surface area contributed by atoms with Gasteiger partial charge < -0.3 is 46.0 Å². The van der Waals surface area contributed by atoms with Crippen molar-refractivity contribution in [1.82, 2.24) is 5.32 Å². The minimum Gasteiger partial charge on any atom is -0.393 e. The maximum absolute atomic E-state index is 13.1. The van der Waals surface area contributed by atoms with Gasteiger partial charge in [0.2, 0.25) is 5.91 Å². The maximum atomic E-state index is 13.1. The van der Waals surface area contributed by atoms with Crippen LogP contribution in [0.4, 0.5) is 0 Å². The fraction of sp³-hybridized carbons (Fsp3) is 0.942. The summed E-state index contributed by atoms with van der Waals surface area (Å²) < 4.78 is 23.0. The Balaban J connectivity index is 2.44. The van der Waals surface area contributed by atoms with E-state index in [0.717, 1.165) is 70.6 Å². The van der Waals surface area contributed by atoms with Gasteiger partial charge in [-0.3, -0.25) is 13.8 Å². The van der Waals surface area contributed by atoms with Crippen LogP contribution in [0.3, 0.4) is 0 Å². The van der Waals surface area contributed by atoms with Crippen LogP contribution in [0.15, 0.2) is 12.2 Å². The lowest BCUT2D eigenvalue weighted by atomic mass is 9.85. The summed E-state index contributed by atoms with van der Waals surface area (Å²) >= 11 is 0. The van der Waals surface area contributed by atoms with E-state index in [2.05, 4.69) is 31.3 Å². The molecule has 9 N–H and O–H groups in total. The molecule has 0 saturated heterocycles. The molecule has 0 radical (unpaired) electrons. The highest BCUT2D eigenvalue weighted by Gasteiger charge is 2.51.